The van der Waals surface area contributed by atoms with Gasteiger partial charge in [0, 0.05) is 37.6 Å². The van der Waals surface area contributed by atoms with Crippen LogP contribution in [0.5, 0.6) is 0 Å². The lowest BCUT2D eigenvalue weighted by Crippen LogP contribution is -2.54. The van der Waals surface area contributed by atoms with Gasteiger partial charge >= 0.3 is 5.97 Å². The zero-order chi connectivity index (χ0) is 27.7. The zero-order valence-electron chi connectivity index (χ0n) is 23.4. The van der Waals surface area contributed by atoms with Crippen LogP contribution >= 0.6 is 0 Å². The quantitative estimate of drug-likeness (QED) is 0.316. The first-order valence-corrected chi connectivity index (χ1v) is 14.1. The van der Waals surface area contributed by atoms with Crippen molar-refractivity contribution in [1.82, 2.24) is 4.90 Å². The number of unbranched alkanes of at least 4 members (excludes halogenated alkanes) is 2. The van der Waals surface area contributed by atoms with Crippen LogP contribution < -0.4 is 10.2 Å². The predicted octanol–water partition coefficient (Wildman–Crippen LogP) is 3.21. The molecule has 2 amide bonds. The highest BCUT2D eigenvalue weighted by Gasteiger charge is 2.80. The molecule has 3 aliphatic rings. The van der Waals surface area contributed by atoms with E-state index in [1.54, 1.807) is 11.8 Å². The molecular weight excluding hydrogens is 486 g/mol. The lowest BCUT2D eigenvalue weighted by Gasteiger charge is -2.35. The van der Waals surface area contributed by atoms with Gasteiger partial charge in [-0.1, -0.05) is 6.92 Å². The van der Waals surface area contributed by atoms with E-state index in [0.29, 0.717) is 31.5 Å². The van der Waals surface area contributed by atoms with Gasteiger partial charge in [0.25, 0.3) is 0 Å². The summed E-state index contributed by atoms with van der Waals surface area (Å²) >= 11 is 0. The minimum atomic E-state index is -1.09. The highest BCUT2D eigenvalue weighted by atomic mass is 16.6. The molecule has 3 fully saturated rings. The average molecular weight is 530 g/mol. The first kappa shape index (κ1) is 28.4. The van der Waals surface area contributed by atoms with E-state index < -0.39 is 35.0 Å². The van der Waals surface area contributed by atoms with Crippen molar-refractivity contribution in [3.05, 3.63) is 24.3 Å². The summed E-state index contributed by atoms with van der Waals surface area (Å²) in [6.45, 7) is 12.3. The Balaban J connectivity index is 1.66. The molecular formula is C29H43N3O6. The van der Waals surface area contributed by atoms with Crippen LogP contribution in [0.25, 0.3) is 0 Å². The predicted molar refractivity (Wildman–Crippen MR) is 145 cm³/mol. The fourth-order valence-electron chi connectivity index (χ4n) is 7.00. The normalized spacial score (nSPS) is 31.4. The van der Waals surface area contributed by atoms with Crippen LogP contribution in [0.4, 0.5) is 11.4 Å². The number of hydrogen-bond acceptors (Lipinski definition) is 7. The molecule has 3 heterocycles. The molecule has 3 saturated heterocycles. The van der Waals surface area contributed by atoms with E-state index >= 15 is 0 Å². The second-order valence-corrected chi connectivity index (χ2v) is 11.0. The number of anilines is 2. The van der Waals surface area contributed by atoms with Crippen molar-refractivity contribution in [2.75, 3.05) is 43.1 Å². The largest absolute Gasteiger partial charge is 0.466 e. The van der Waals surface area contributed by atoms with Crippen LogP contribution in [0, 0.1) is 17.8 Å². The fraction of sp³-hybridized carbons (Fsp3) is 0.690. The number of rotatable bonds is 12. The number of aliphatic hydroxyl groups is 1. The van der Waals surface area contributed by atoms with E-state index in [1.165, 1.54) is 0 Å². The Hall–Kier alpha value is -2.65. The van der Waals surface area contributed by atoms with Gasteiger partial charge in [-0.15, -0.1) is 0 Å². The molecule has 0 radical (unpaired) electrons. The van der Waals surface area contributed by atoms with E-state index in [4.69, 9.17) is 9.47 Å². The summed E-state index contributed by atoms with van der Waals surface area (Å²) in [7, 11) is 0. The molecule has 6 atom stereocenters. The summed E-state index contributed by atoms with van der Waals surface area (Å²) in [5, 5.41) is 12.2. The van der Waals surface area contributed by atoms with Gasteiger partial charge in [0.05, 0.1) is 18.1 Å². The van der Waals surface area contributed by atoms with Gasteiger partial charge in [0.15, 0.2) is 0 Å². The first-order chi connectivity index (χ1) is 18.2. The summed E-state index contributed by atoms with van der Waals surface area (Å²) in [4.78, 5) is 45.0. The number of amides is 2. The van der Waals surface area contributed by atoms with Gasteiger partial charge in [-0.05, 0) is 83.6 Å². The van der Waals surface area contributed by atoms with Gasteiger partial charge in [-0.3, -0.25) is 14.4 Å². The number of hydrogen-bond donors (Lipinski definition) is 2. The molecule has 2 bridgehead atoms. The molecule has 0 aliphatic carbocycles. The number of fused-ring (bicyclic) bond motifs is 1. The maximum absolute atomic E-state index is 14.0. The smallest absolute Gasteiger partial charge is 0.312 e. The van der Waals surface area contributed by atoms with Gasteiger partial charge in [-0.25, -0.2) is 0 Å². The Morgan fingerprint density at radius 1 is 1.16 bits per heavy atom. The van der Waals surface area contributed by atoms with Gasteiger partial charge in [0.2, 0.25) is 11.8 Å². The number of nitrogens with zero attached hydrogens (tertiary/aromatic N) is 2. The van der Waals surface area contributed by atoms with Gasteiger partial charge in [0.1, 0.15) is 17.6 Å². The van der Waals surface area contributed by atoms with E-state index in [1.807, 2.05) is 38.1 Å². The van der Waals surface area contributed by atoms with Gasteiger partial charge < -0.3 is 29.7 Å². The van der Waals surface area contributed by atoms with Crippen LogP contribution in [0.2, 0.25) is 0 Å². The molecule has 38 heavy (non-hydrogen) atoms. The summed E-state index contributed by atoms with van der Waals surface area (Å²) in [6, 6.07) is 6.85. The van der Waals surface area contributed by atoms with Crippen molar-refractivity contribution in [2.24, 2.45) is 17.8 Å². The van der Waals surface area contributed by atoms with E-state index in [9.17, 15) is 19.5 Å². The molecule has 0 aromatic heterocycles. The van der Waals surface area contributed by atoms with Crippen molar-refractivity contribution in [3.8, 4) is 0 Å². The zero-order valence-corrected chi connectivity index (χ0v) is 23.4. The maximum Gasteiger partial charge on any atom is 0.312 e. The van der Waals surface area contributed by atoms with Crippen molar-refractivity contribution in [3.63, 3.8) is 0 Å². The van der Waals surface area contributed by atoms with Crippen LogP contribution in [0.3, 0.4) is 0 Å². The number of ether oxygens (including phenoxy) is 2. The van der Waals surface area contributed by atoms with E-state index in [0.717, 1.165) is 25.2 Å². The third kappa shape index (κ3) is 4.57. The van der Waals surface area contributed by atoms with Crippen molar-refractivity contribution in [1.29, 1.82) is 0 Å². The summed E-state index contributed by atoms with van der Waals surface area (Å²) in [6.07, 6.45) is 2.52. The molecule has 2 N–H and O–H groups in total. The topological polar surface area (TPSA) is 108 Å². The highest BCUT2D eigenvalue weighted by molar-refractivity contribution is 6.03. The van der Waals surface area contributed by atoms with Crippen LogP contribution in [0.1, 0.15) is 60.3 Å². The molecule has 9 heteroatoms. The second-order valence-electron chi connectivity index (χ2n) is 11.0. The van der Waals surface area contributed by atoms with Crippen LogP contribution in [-0.2, 0) is 23.9 Å². The molecule has 1 spiro atoms. The standard InChI is InChI=1S/C29H43N3O6/c1-6-31(7-2)21-14-12-20(13-15-21)30-25(34)24-29-18-19(4)28(5,38-29)23(27(36)37-8-3)22(29)26(35)32(24)16-10-9-11-17-33/h12-15,19,22-24,33H,6-11,16-18H2,1-5H3,(H,30,34)/t19?,22-,23+,24?,28-,29?/m0/s1. The average Bonchev–Trinajstić information content (AvgIpc) is 3.40. The second kappa shape index (κ2) is 11.2. The lowest BCUT2D eigenvalue weighted by atomic mass is 9.62. The Morgan fingerprint density at radius 3 is 2.45 bits per heavy atom. The van der Waals surface area contributed by atoms with Gasteiger partial charge in [-0.2, -0.15) is 0 Å². The number of carbonyl (C=O) groups excluding carboxylic acids is 3. The van der Waals surface area contributed by atoms with E-state index in [2.05, 4.69) is 24.1 Å². The number of nitrogens with one attached hydrogen (secondary N) is 1. The summed E-state index contributed by atoms with van der Waals surface area (Å²) in [5.41, 5.74) is -0.248. The third-order valence-corrected chi connectivity index (χ3v) is 8.92. The molecule has 3 aliphatic heterocycles. The Kier molecular flexibility index (Phi) is 8.37. The Morgan fingerprint density at radius 2 is 1.84 bits per heavy atom. The lowest BCUT2D eigenvalue weighted by molar-refractivity contribution is -0.160. The minimum absolute atomic E-state index is 0.0288. The monoisotopic (exact) mass is 529 g/mol. The molecule has 1 aromatic rings. The summed E-state index contributed by atoms with van der Waals surface area (Å²) < 4.78 is 12.1. The summed E-state index contributed by atoms with van der Waals surface area (Å²) in [5.74, 6) is -2.51. The van der Waals surface area contributed by atoms with Crippen molar-refractivity contribution >= 4 is 29.2 Å². The van der Waals surface area contributed by atoms with Crippen LogP contribution in [0.15, 0.2) is 24.3 Å². The fourth-order valence-corrected chi connectivity index (χ4v) is 7.00. The van der Waals surface area contributed by atoms with Crippen LogP contribution in [-0.4, -0.2) is 77.9 Å². The van der Waals surface area contributed by atoms with Crippen molar-refractivity contribution < 1.29 is 29.0 Å². The number of carbonyl (C=O) groups is 3. The number of benzene rings is 1. The first-order valence-electron chi connectivity index (χ1n) is 14.1. The molecule has 3 unspecified atom stereocenters. The molecule has 0 saturated carbocycles. The third-order valence-electron chi connectivity index (χ3n) is 8.92. The minimum Gasteiger partial charge on any atom is -0.466 e. The Bertz CT molecular complexity index is 1030. The molecule has 4 rings (SSSR count). The maximum atomic E-state index is 14.0. The molecule has 9 nitrogen and oxygen atoms in total. The van der Waals surface area contributed by atoms with Crippen molar-refractivity contribution in [2.45, 2.75) is 77.5 Å². The number of aliphatic hydroxyl groups excluding tert-OH is 1. The molecule has 210 valence electrons. The SMILES string of the molecule is CCOC(=O)[C@H]1[C@H]2C(=O)N(CCCCCO)C(C(=O)Nc3ccc(N(CC)CC)cc3)C23CC(C)[C@]1(C)O3. The number of esters is 1. The van der Waals surface area contributed by atoms with E-state index in [-0.39, 0.29) is 30.9 Å². The number of likely N-dealkylation sites (tertiary alicyclic amines) is 1. The highest BCUT2D eigenvalue weighted by Crippen LogP contribution is 2.65. The Labute approximate surface area is 225 Å². The molecule has 1 aromatic carbocycles.